The summed E-state index contributed by atoms with van der Waals surface area (Å²) in [6, 6.07) is 0. The van der Waals surface area contributed by atoms with Gasteiger partial charge in [0.05, 0.1) is 0 Å². The number of nitrogens with zero attached hydrogens (tertiary/aromatic N) is 2. The van der Waals surface area contributed by atoms with Crippen molar-refractivity contribution in [2.45, 2.75) is 6.92 Å². The first-order valence-electron chi connectivity index (χ1n) is 3.76. The molecule has 1 aliphatic rings. The molecule has 70 valence electrons. The summed E-state index contributed by atoms with van der Waals surface area (Å²) in [4.78, 5) is 17.6. The average Bonchev–Trinajstić information content (AvgIpc) is 2.33. The Morgan fingerprint density at radius 2 is 2.23 bits per heavy atom. The topological polar surface area (TPSA) is 44.7 Å². The molecule has 1 aliphatic heterocycles. The van der Waals surface area contributed by atoms with Gasteiger partial charge >= 0.3 is 99.0 Å². The molecule has 0 radical (unpaired) electrons. The van der Waals surface area contributed by atoms with Crippen molar-refractivity contribution in [3.8, 4) is 0 Å². The zero-order valence-electron chi connectivity index (χ0n) is 7.33. The van der Waals surface area contributed by atoms with E-state index in [9.17, 15) is 4.79 Å². The van der Waals surface area contributed by atoms with Crippen LogP contribution in [0.25, 0.3) is 0 Å². The van der Waals surface area contributed by atoms with E-state index in [0.29, 0.717) is 12.4 Å². The minimum absolute atomic E-state index is 0.0833. The molecule has 4 nitrogen and oxygen atoms in total. The van der Waals surface area contributed by atoms with Crippen molar-refractivity contribution in [2.75, 3.05) is 13.6 Å². The van der Waals surface area contributed by atoms with E-state index < -0.39 is 0 Å². The third kappa shape index (κ3) is 2.29. The van der Waals surface area contributed by atoms with Crippen LogP contribution in [0.1, 0.15) is 6.92 Å². The van der Waals surface area contributed by atoms with Crippen molar-refractivity contribution in [1.82, 2.24) is 10.2 Å². The van der Waals surface area contributed by atoms with Crippen LogP contribution >= 0.6 is 0 Å². The number of hydrogen-bond donors (Lipinski definition) is 1. The second-order valence-electron chi connectivity index (χ2n) is 2.46. The Balaban J connectivity index is 2.83. The molecular formula is C7H9N3OW2. The van der Waals surface area contributed by atoms with Crippen molar-refractivity contribution in [3.05, 3.63) is 0 Å². The van der Waals surface area contributed by atoms with E-state index in [2.05, 4.69) is 10.3 Å². The van der Waals surface area contributed by atoms with E-state index >= 15 is 0 Å². The SMILES string of the molecule is CCNC(=O)C1=N[C](=[W])[C](=[W])N1C. The molecule has 0 spiro atoms. The number of aliphatic imine (C=N–C) groups is 1. The number of amides is 1. The molecule has 6 heteroatoms. The summed E-state index contributed by atoms with van der Waals surface area (Å²) < 4.78 is 2.18. The van der Waals surface area contributed by atoms with Crippen LogP contribution in [0.15, 0.2) is 4.99 Å². The number of likely N-dealkylation sites (N-methyl/N-ethyl adjacent to an activating group) is 2. The third-order valence-electron chi connectivity index (χ3n) is 1.55. The maximum atomic E-state index is 11.5. The van der Waals surface area contributed by atoms with Crippen LogP contribution in [0.2, 0.25) is 0 Å². The molecule has 0 atom stereocenters. The Kier molecular flexibility index (Phi) is 3.87. The van der Waals surface area contributed by atoms with Crippen molar-refractivity contribution in [3.63, 3.8) is 0 Å². The van der Waals surface area contributed by atoms with Gasteiger partial charge in [-0.15, -0.1) is 0 Å². The number of carbonyl (C=O) groups is 1. The van der Waals surface area contributed by atoms with E-state index in [-0.39, 0.29) is 5.91 Å². The number of carbonyl (C=O) groups excluding carboxylic acids is 1. The normalized spacial score (nSPS) is 16.2. The van der Waals surface area contributed by atoms with Gasteiger partial charge < -0.3 is 0 Å². The van der Waals surface area contributed by atoms with Gasteiger partial charge in [0, 0.05) is 0 Å². The number of nitrogens with one attached hydrogen (secondary N) is 1. The molecule has 0 aliphatic carbocycles. The summed E-state index contributed by atoms with van der Waals surface area (Å²) in [5.74, 6) is 0.442. The molecule has 0 fully saturated rings. The van der Waals surface area contributed by atoms with Crippen LogP contribution in [0, 0.1) is 0 Å². The first-order chi connectivity index (χ1) is 6.07. The summed E-state index contributed by atoms with van der Waals surface area (Å²) in [6.07, 6.45) is 0. The molecular weight excluding hydrogens is 510 g/mol. The quantitative estimate of drug-likeness (QED) is 0.500. The standard InChI is InChI=1S/C7H9N3O.2W/c1-3-8-7(11)6-9-4-5-10(6)2;;/h3H2,1-2H3,(H,8,11);;. The fourth-order valence-electron chi connectivity index (χ4n) is 0.901. The third-order valence-corrected chi connectivity index (χ3v) is 6.27. The first-order valence-corrected chi connectivity index (χ1v) is 6.70. The Bertz CT molecular complexity index is 311. The van der Waals surface area contributed by atoms with Crippen LogP contribution in [-0.2, 0) is 43.5 Å². The van der Waals surface area contributed by atoms with Gasteiger partial charge in [-0.25, -0.2) is 0 Å². The number of amidine groups is 1. The van der Waals surface area contributed by atoms with Crippen LogP contribution in [0.3, 0.4) is 0 Å². The van der Waals surface area contributed by atoms with Crippen molar-refractivity contribution in [1.29, 1.82) is 0 Å². The van der Waals surface area contributed by atoms with Gasteiger partial charge in [0.25, 0.3) is 0 Å². The van der Waals surface area contributed by atoms with Gasteiger partial charge in [-0.3, -0.25) is 0 Å². The molecule has 1 N–H and O–H groups in total. The van der Waals surface area contributed by atoms with E-state index in [1.165, 1.54) is 38.7 Å². The Morgan fingerprint density at radius 3 is 2.62 bits per heavy atom. The van der Waals surface area contributed by atoms with Gasteiger partial charge in [-0.2, -0.15) is 0 Å². The molecule has 0 aromatic heterocycles. The number of hydrogen-bond acceptors (Lipinski definition) is 3. The maximum absolute atomic E-state index is 11.5. The van der Waals surface area contributed by atoms with E-state index in [0.717, 1.165) is 8.04 Å². The molecule has 0 saturated heterocycles. The molecule has 0 aromatic rings. The molecule has 1 amide bonds. The van der Waals surface area contributed by atoms with Crippen LogP contribution in [0.4, 0.5) is 0 Å². The monoisotopic (exact) mass is 519 g/mol. The predicted octanol–water partition coefficient (Wildman–Crippen LogP) is -1.18. The van der Waals surface area contributed by atoms with E-state index in [4.69, 9.17) is 0 Å². The zero-order valence-corrected chi connectivity index (χ0v) is 13.2. The summed E-state index contributed by atoms with van der Waals surface area (Å²) in [6.45, 7) is 2.54. The van der Waals surface area contributed by atoms with Crippen molar-refractivity contribution < 1.29 is 43.5 Å². The zero-order chi connectivity index (χ0) is 10.0. The first kappa shape index (κ1) is 11.1. The summed E-state index contributed by atoms with van der Waals surface area (Å²) in [5.41, 5.74) is 0. The molecule has 0 unspecified atom stereocenters. The molecule has 0 saturated carbocycles. The molecule has 0 bridgehead atoms. The van der Waals surface area contributed by atoms with Crippen LogP contribution < -0.4 is 5.32 Å². The molecule has 0 aromatic carbocycles. The summed E-state index contributed by atoms with van der Waals surface area (Å²) in [5, 5.41) is 2.74. The molecule has 13 heavy (non-hydrogen) atoms. The van der Waals surface area contributed by atoms with Crippen LogP contribution in [0.5, 0.6) is 0 Å². The fourth-order valence-corrected chi connectivity index (χ4v) is 2.18. The van der Waals surface area contributed by atoms with Crippen molar-refractivity contribution >= 4 is 19.8 Å². The van der Waals surface area contributed by atoms with Gasteiger partial charge in [0.15, 0.2) is 0 Å². The second kappa shape index (κ2) is 4.52. The van der Waals surface area contributed by atoms with Gasteiger partial charge in [0.1, 0.15) is 0 Å². The van der Waals surface area contributed by atoms with Gasteiger partial charge in [0.2, 0.25) is 0 Å². The van der Waals surface area contributed by atoms with Gasteiger partial charge in [-0.1, -0.05) is 0 Å². The predicted molar refractivity (Wildman–Crippen MR) is 43.9 cm³/mol. The average molecular weight is 519 g/mol. The fraction of sp³-hybridized carbons (Fsp3) is 0.429. The summed E-state index contributed by atoms with van der Waals surface area (Å²) in [7, 11) is 1.88. The molecule has 1 heterocycles. The Hall–Kier alpha value is 0.0566. The van der Waals surface area contributed by atoms with E-state index in [1.807, 2.05) is 18.9 Å². The van der Waals surface area contributed by atoms with E-state index in [1.54, 1.807) is 0 Å². The summed E-state index contributed by atoms with van der Waals surface area (Å²) >= 11 is 2.66. The Morgan fingerprint density at radius 1 is 1.62 bits per heavy atom. The van der Waals surface area contributed by atoms with Crippen molar-refractivity contribution in [2.24, 2.45) is 4.99 Å². The van der Waals surface area contributed by atoms with Gasteiger partial charge in [-0.05, 0) is 0 Å². The van der Waals surface area contributed by atoms with Crippen LogP contribution in [-0.4, -0.2) is 38.3 Å². The minimum atomic E-state index is -0.0833. The second-order valence-corrected chi connectivity index (χ2v) is 5.24. The number of rotatable bonds is 2. The Labute approximate surface area is 98.6 Å². The molecule has 1 rings (SSSR count).